The van der Waals surface area contributed by atoms with Crippen molar-refractivity contribution in [1.82, 2.24) is 14.3 Å². The van der Waals surface area contributed by atoms with Gasteiger partial charge in [-0.15, -0.1) is 0 Å². The maximum atomic E-state index is 13.0. The number of sulfonamides is 1. The summed E-state index contributed by atoms with van der Waals surface area (Å²) in [6.45, 7) is 1.90. The Labute approximate surface area is 155 Å². The molecule has 0 spiro atoms. The number of ether oxygens (including phenoxy) is 1. The second kappa shape index (κ2) is 7.53. The van der Waals surface area contributed by atoms with E-state index in [4.69, 9.17) is 4.74 Å². The van der Waals surface area contributed by atoms with Crippen molar-refractivity contribution in [1.29, 1.82) is 0 Å². The first-order chi connectivity index (χ1) is 12.8. The minimum atomic E-state index is -3.93. The molecule has 1 atom stereocenters. The lowest BCUT2D eigenvalue weighted by Crippen LogP contribution is -2.44. The highest BCUT2D eigenvalue weighted by Crippen LogP contribution is 2.27. The smallest absolute Gasteiger partial charge is 0.316 e. The van der Waals surface area contributed by atoms with E-state index in [2.05, 4.69) is 9.97 Å². The van der Waals surface area contributed by atoms with Gasteiger partial charge in [0.2, 0.25) is 10.0 Å². The Morgan fingerprint density at radius 3 is 2.70 bits per heavy atom. The lowest BCUT2D eigenvalue weighted by atomic mass is 10.1. The van der Waals surface area contributed by atoms with Gasteiger partial charge in [0, 0.05) is 18.7 Å². The zero-order valence-electron chi connectivity index (χ0n) is 14.4. The van der Waals surface area contributed by atoms with E-state index in [1.165, 1.54) is 16.4 Å². The molecule has 0 amide bonds. The molecule has 1 aromatic carbocycles. The van der Waals surface area contributed by atoms with Crippen molar-refractivity contribution >= 4 is 15.7 Å². The van der Waals surface area contributed by atoms with E-state index < -0.39 is 26.9 Å². The van der Waals surface area contributed by atoms with Gasteiger partial charge in [-0.1, -0.05) is 6.07 Å². The third-order valence-electron chi connectivity index (χ3n) is 4.21. The molecule has 0 radical (unpaired) electrons. The summed E-state index contributed by atoms with van der Waals surface area (Å²) < 4.78 is 45.7. The van der Waals surface area contributed by atoms with Gasteiger partial charge in [0.25, 0.3) is 5.69 Å². The summed E-state index contributed by atoms with van der Waals surface area (Å²) >= 11 is 0. The van der Waals surface area contributed by atoms with E-state index >= 15 is 0 Å². The first-order valence-corrected chi connectivity index (χ1v) is 9.61. The minimum Gasteiger partial charge on any atom is -0.459 e. The predicted molar refractivity (Wildman–Crippen MR) is 92.2 cm³/mol. The van der Waals surface area contributed by atoms with Crippen LogP contribution in [0.5, 0.6) is 6.01 Å². The number of benzene rings is 1. The van der Waals surface area contributed by atoms with Crippen molar-refractivity contribution in [2.45, 2.75) is 30.8 Å². The van der Waals surface area contributed by atoms with Gasteiger partial charge in [-0.25, -0.2) is 22.8 Å². The summed E-state index contributed by atoms with van der Waals surface area (Å²) in [7, 11) is -3.93. The molecule has 1 saturated heterocycles. The molecular weight excluding hydrogens is 379 g/mol. The number of aromatic nitrogens is 2. The van der Waals surface area contributed by atoms with Crippen LogP contribution in [0.3, 0.4) is 0 Å². The van der Waals surface area contributed by atoms with Gasteiger partial charge in [0.15, 0.2) is 5.82 Å². The third-order valence-corrected chi connectivity index (χ3v) is 6.22. The molecule has 2 aromatic rings. The number of piperidine rings is 1. The molecule has 3 rings (SSSR count). The Hall–Kier alpha value is -2.66. The summed E-state index contributed by atoms with van der Waals surface area (Å²) in [5.74, 6) is -0.601. The van der Waals surface area contributed by atoms with Crippen molar-refractivity contribution in [3.05, 3.63) is 52.1 Å². The Kier molecular flexibility index (Phi) is 5.33. The summed E-state index contributed by atoms with van der Waals surface area (Å²) in [6, 6.07) is 3.71. The second-order valence-electron chi connectivity index (χ2n) is 6.14. The van der Waals surface area contributed by atoms with E-state index in [1.54, 1.807) is 6.92 Å². The molecule has 2 heterocycles. The van der Waals surface area contributed by atoms with Gasteiger partial charge < -0.3 is 4.74 Å². The maximum Gasteiger partial charge on any atom is 0.316 e. The van der Waals surface area contributed by atoms with Crippen LogP contribution in [-0.4, -0.2) is 46.8 Å². The van der Waals surface area contributed by atoms with E-state index in [9.17, 15) is 22.9 Å². The number of nitro benzene ring substituents is 1. The van der Waals surface area contributed by atoms with Crippen molar-refractivity contribution in [3.8, 4) is 6.01 Å². The average molecular weight is 396 g/mol. The van der Waals surface area contributed by atoms with Gasteiger partial charge >= 0.3 is 6.01 Å². The van der Waals surface area contributed by atoms with Gasteiger partial charge in [-0.2, -0.15) is 4.31 Å². The van der Waals surface area contributed by atoms with E-state index in [0.717, 1.165) is 18.5 Å². The van der Waals surface area contributed by atoms with Gasteiger partial charge in [-0.3, -0.25) is 10.1 Å². The van der Waals surface area contributed by atoms with Crippen LogP contribution in [0, 0.1) is 22.9 Å². The van der Waals surface area contributed by atoms with Crippen LogP contribution in [0.15, 0.2) is 35.5 Å². The maximum absolute atomic E-state index is 13.0. The molecule has 0 bridgehead atoms. The van der Waals surface area contributed by atoms with Crippen LogP contribution >= 0.6 is 0 Å². The van der Waals surface area contributed by atoms with Crippen LogP contribution in [0.25, 0.3) is 0 Å². The lowest BCUT2D eigenvalue weighted by molar-refractivity contribution is -0.385. The SMILES string of the molecule is Cc1ccc([N+](=O)[O-])cc1S(=O)(=O)N1CCCC(Oc2ncc(F)cn2)C1. The van der Waals surface area contributed by atoms with Crippen LogP contribution in [-0.2, 0) is 10.0 Å². The van der Waals surface area contributed by atoms with Gasteiger partial charge in [0.05, 0.1) is 28.8 Å². The van der Waals surface area contributed by atoms with Crippen molar-refractivity contribution in [3.63, 3.8) is 0 Å². The highest BCUT2D eigenvalue weighted by molar-refractivity contribution is 7.89. The number of hydrogen-bond acceptors (Lipinski definition) is 7. The molecular formula is C16H17FN4O5S. The predicted octanol–water partition coefficient (Wildman–Crippen LogP) is 2.06. The number of non-ortho nitro benzene ring substituents is 1. The normalized spacial score (nSPS) is 18.2. The summed E-state index contributed by atoms with van der Waals surface area (Å²) in [6.07, 6.45) is 2.55. The molecule has 1 aromatic heterocycles. The molecule has 1 fully saturated rings. The number of hydrogen-bond donors (Lipinski definition) is 0. The van der Waals surface area contributed by atoms with Gasteiger partial charge in [0.1, 0.15) is 6.10 Å². The molecule has 0 aliphatic carbocycles. The quantitative estimate of drug-likeness (QED) is 0.561. The average Bonchev–Trinajstić information content (AvgIpc) is 2.64. The summed E-state index contributed by atoms with van der Waals surface area (Å²) in [5, 5.41) is 11.0. The molecule has 1 aliphatic heterocycles. The number of halogens is 1. The summed E-state index contributed by atoms with van der Waals surface area (Å²) in [5.41, 5.74) is 0.134. The number of nitro groups is 1. The fourth-order valence-electron chi connectivity index (χ4n) is 2.85. The van der Waals surface area contributed by atoms with E-state index in [-0.39, 0.29) is 29.7 Å². The largest absolute Gasteiger partial charge is 0.459 e. The first-order valence-electron chi connectivity index (χ1n) is 8.17. The molecule has 27 heavy (non-hydrogen) atoms. The van der Waals surface area contributed by atoms with Crippen molar-refractivity contribution < 1.29 is 22.5 Å². The summed E-state index contributed by atoms with van der Waals surface area (Å²) in [4.78, 5) is 17.7. The fraction of sp³-hybridized carbons (Fsp3) is 0.375. The molecule has 0 saturated carbocycles. The monoisotopic (exact) mass is 396 g/mol. The standard InChI is InChI=1S/C16H17FN4O5S/c1-11-4-5-13(21(22)23)7-15(11)27(24,25)20-6-2-3-14(10-20)26-16-18-8-12(17)9-19-16/h4-5,7-9,14H,2-3,6,10H2,1H3. The second-order valence-corrected chi connectivity index (χ2v) is 8.04. The van der Waals surface area contributed by atoms with E-state index in [1.807, 2.05) is 0 Å². The van der Waals surface area contributed by atoms with Crippen LogP contribution in [0.2, 0.25) is 0 Å². The highest BCUT2D eigenvalue weighted by Gasteiger charge is 2.33. The topological polar surface area (TPSA) is 116 Å². The van der Waals surface area contributed by atoms with Crippen LogP contribution in [0.4, 0.5) is 10.1 Å². The molecule has 9 nitrogen and oxygen atoms in total. The lowest BCUT2D eigenvalue weighted by Gasteiger charge is -2.31. The number of rotatable bonds is 5. The molecule has 1 unspecified atom stereocenters. The Balaban J connectivity index is 1.81. The molecule has 11 heteroatoms. The Morgan fingerprint density at radius 1 is 1.33 bits per heavy atom. The zero-order valence-corrected chi connectivity index (χ0v) is 15.2. The Morgan fingerprint density at radius 2 is 2.04 bits per heavy atom. The minimum absolute atomic E-state index is 0.0350. The Bertz CT molecular complexity index is 952. The molecule has 1 aliphatic rings. The molecule has 144 valence electrons. The van der Waals surface area contributed by atoms with Gasteiger partial charge in [-0.05, 0) is 25.3 Å². The van der Waals surface area contributed by atoms with Crippen LogP contribution < -0.4 is 4.74 Å². The highest BCUT2D eigenvalue weighted by atomic mass is 32.2. The molecule has 0 N–H and O–H groups in total. The third kappa shape index (κ3) is 4.19. The zero-order chi connectivity index (χ0) is 19.6. The van der Waals surface area contributed by atoms with Crippen molar-refractivity contribution in [2.24, 2.45) is 0 Å². The number of nitrogens with zero attached hydrogens (tertiary/aromatic N) is 4. The number of aryl methyl sites for hydroxylation is 1. The van der Waals surface area contributed by atoms with Crippen molar-refractivity contribution in [2.75, 3.05) is 13.1 Å². The van der Waals surface area contributed by atoms with Crippen LogP contribution in [0.1, 0.15) is 18.4 Å². The fourth-order valence-corrected chi connectivity index (χ4v) is 4.60. The van der Waals surface area contributed by atoms with E-state index in [0.29, 0.717) is 18.4 Å². The first kappa shape index (κ1) is 19.1.